The van der Waals surface area contributed by atoms with Gasteiger partial charge in [0.05, 0.1) is 0 Å². The van der Waals surface area contributed by atoms with Crippen molar-refractivity contribution in [2.75, 3.05) is 0 Å². The van der Waals surface area contributed by atoms with E-state index in [4.69, 9.17) is 9.90 Å². The molecule has 0 unspecified atom stereocenters. The van der Waals surface area contributed by atoms with Crippen LogP contribution in [-0.4, -0.2) is 5.97 Å². The zero-order valence-corrected chi connectivity index (χ0v) is 5.27. The number of rotatable bonds is 0. The Morgan fingerprint density at radius 1 is 1.86 bits per heavy atom. The zero-order chi connectivity index (χ0) is 6.28. The quantitative estimate of drug-likeness (QED) is 0.447. The molecule has 0 fully saturated rings. The van der Waals surface area contributed by atoms with Gasteiger partial charge in [0.1, 0.15) is 0 Å². The van der Waals surface area contributed by atoms with E-state index in [-0.39, 0.29) is 0 Å². The average Bonchev–Trinajstić information content (AvgIpc) is 1.33. The summed E-state index contributed by atoms with van der Waals surface area (Å²) >= 11 is 4.51. The molecule has 0 radical (unpaired) electrons. The van der Waals surface area contributed by atoms with Crippen LogP contribution in [0.25, 0.3) is 0 Å². The minimum atomic E-state index is -1.08. The van der Waals surface area contributed by atoms with Crippen LogP contribution >= 0.6 is 0 Å². The topological polar surface area (TPSA) is 40.1 Å². The molecule has 0 amide bonds. The van der Waals surface area contributed by atoms with E-state index in [0.29, 0.717) is 0 Å². The summed E-state index contributed by atoms with van der Waals surface area (Å²) in [5, 5.41) is 9.70. The Balaban J connectivity index is 0. The summed E-state index contributed by atoms with van der Waals surface area (Å²) in [4.78, 5) is 8.89. The fraction of sp³-hybridized carbons (Fsp3) is 0.750. The van der Waals surface area contributed by atoms with Gasteiger partial charge in [0.25, 0.3) is 0 Å². The standard InChI is InChI=1S/C2H4O2.C2H5.Cu/c1-2(3)4;1-2;/h1H3,(H,3,4);1H2,2H3;/q;;+1/p-1. The van der Waals surface area contributed by atoms with Gasteiger partial charge in [-0.1, -0.05) is 0 Å². The molecule has 0 saturated heterocycles. The molecule has 0 N–H and O–H groups in total. The monoisotopic (exact) mass is 151 g/mol. The first-order valence-corrected chi connectivity index (χ1v) is 2.49. The minimum absolute atomic E-state index is 0.812. The maximum atomic E-state index is 8.89. The van der Waals surface area contributed by atoms with Gasteiger partial charge >= 0.3 is 28.3 Å². The molecule has 0 aliphatic rings. The van der Waals surface area contributed by atoms with E-state index in [1.165, 1.54) is 0 Å². The second-order valence-corrected chi connectivity index (χ2v) is 1.37. The number of carbonyl (C=O) groups is 1. The van der Waals surface area contributed by atoms with Gasteiger partial charge in [-0.3, -0.25) is 0 Å². The predicted molar refractivity (Wildman–Crippen MR) is 21.2 cm³/mol. The fourth-order valence-corrected chi connectivity index (χ4v) is 0. The molecule has 0 atom stereocenters. The average molecular weight is 152 g/mol. The van der Waals surface area contributed by atoms with Crippen LogP contribution in [0.1, 0.15) is 13.8 Å². The van der Waals surface area contributed by atoms with Crippen molar-refractivity contribution in [3.05, 3.63) is 0 Å². The molecule has 0 rings (SSSR count). The van der Waals surface area contributed by atoms with E-state index in [1.54, 1.807) is 0 Å². The van der Waals surface area contributed by atoms with Crippen LogP contribution in [0.3, 0.4) is 0 Å². The van der Waals surface area contributed by atoms with Crippen LogP contribution in [-0.2, 0) is 20.8 Å². The van der Waals surface area contributed by atoms with Crippen LogP contribution in [0.4, 0.5) is 0 Å². The number of carboxylic acids is 1. The van der Waals surface area contributed by atoms with Crippen molar-refractivity contribution in [2.24, 2.45) is 0 Å². The third kappa shape index (κ3) is 861000. The fourth-order valence-electron chi connectivity index (χ4n) is 0. The van der Waals surface area contributed by atoms with Gasteiger partial charge in [-0.2, -0.15) is 0 Å². The summed E-state index contributed by atoms with van der Waals surface area (Å²) in [6, 6.07) is 0. The third-order valence-corrected chi connectivity index (χ3v) is 0. The van der Waals surface area contributed by atoms with Gasteiger partial charge in [-0.25, -0.2) is 0 Å². The first-order valence-electron chi connectivity index (χ1n) is 1.83. The van der Waals surface area contributed by atoms with E-state index >= 15 is 0 Å². The molecule has 0 bridgehead atoms. The zero-order valence-electron chi connectivity index (χ0n) is 4.33. The molecule has 0 saturated carbocycles. The van der Waals surface area contributed by atoms with E-state index in [0.717, 1.165) is 12.2 Å². The number of hydrogen-bond donors (Lipinski definition) is 0. The summed E-state index contributed by atoms with van der Waals surface area (Å²) in [6.45, 7) is 2.90. The number of hydrogen-bond acceptors (Lipinski definition) is 2. The molecule has 0 heterocycles. The number of carboxylic acid groups (broad SMARTS) is 1. The van der Waals surface area contributed by atoms with Crippen LogP contribution in [0.2, 0.25) is 5.32 Å². The molecule has 0 spiro atoms. The van der Waals surface area contributed by atoms with E-state index < -0.39 is 5.97 Å². The molecule has 7 heavy (non-hydrogen) atoms. The Kier molecular flexibility index (Phi) is 13.5. The molecule has 0 aromatic heterocycles. The summed E-state index contributed by atoms with van der Waals surface area (Å²) < 4.78 is 0. The molecule has 0 aromatic rings. The van der Waals surface area contributed by atoms with Crippen molar-refractivity contribution in [1.82, 2.24) is 0 Å². The van der Waals surface area contributed by atoms with Crippen LogP contribution in [0, 0.1) is 0 Å². The molecular weight excluding hydrogens is 144 g/mol. The van der Waals surface area contributed by atoms with Crippen molar-refractivity contribution in [2.45, 2.75) is 19.2 Å². The summed E-state index contributed by atoms with van der Waals surface area (Å²) in [5.74, 6) is -1.08. The molecule has 3 heteroatoms. The summed E-state index contributed by atoms with van der Waals surface area (Å²) in [5.41, 5.74) is 0. The second kappa shape index (κ2) is 9.37. The Bertz CT molecular complexity index is 41.0. The predicted octanol–water partition coefficient (Wildman–Crippen LogP) is -0.272. The van der Waals surface area contributed by atoms with Crippen molar-refractivity contribution in [3.8, 4) is 0 Å². The molecule has 0 aliphatic heterocycles. The van der Waals surface area contributed by atoms with Gasteiger partial charge in [0, 0.05) is 5.97 Å². The van der Waals surface area contributed by atoms with Crippen molar-refractivity contribution >= 4 is 5.97 Å². The van der Waals surface area contributed by atoms with Crippen molar-refractivity contribution in [3.63, 3.8) is 0 Å². The van der Waals surface area contributed by atoms with Gasteiger partial charge in [0.2, 0.25) is 0 Å². The molecule has 47 valence electrons. The summed E-state index contributed by atoms with van der Waals surface area (Å²) in [7, 11) is 0. The molecular formula is C4H8CuO2. The first-order chi connectivity index (χ1) is 3.15. The molecule has 2 nitrogen and oxygen atoms in total. The molecule has 0 aliphatic carbocycles. The Morgan fingerprint density at radius 2 is 1.86 bits per heavy atom. The van der Waals surface area contributed by atoms with E-state index in [9.17, 15) is 0 Å². The Labute approximate surface area is 51.7 Å². The van der Waals surface area contributed by atoms with Crippen LogP contribution in [0.5, 0.6) is 0 Å². The maximum absolute atomic E-state index is 8.89. The Hall–Kier alpha value is -0.0105. The number of aliphatic carboxylic acids is 1. The van der Waals surface area contributed by atoms with Crippen LogP contribution < -0.4 is 5.11 Å². The van der Waals surface area contributed by atoms with E-state index in [2.05, 4.69) is 16.0 Å². The van der Waals surface area contributed by atoms with Gasteiger partial charge in [-0.15, -0.1) is 0 Å². The third-order valence-electron chi connectivity index (χ3n) is 0. The SMILES string of the molecule is CC(=O)[O-].C[CH2][Cu+]. The van der Waals surface area contributed by atoms with Gasteiger partial charge < -0.3 is 9.90 Å². The van der Waals surface area contributed by atoms with Gasteiger partial charge in [-0.05, 0) is 6.92 Å². The van der Waals surface area contributed by atoms with Gasteiger partial charge in [0.15, 0.2) is 0 Å². The number of carbonyl (C=O) groups excluding carboxylic acids is 1. The molecule has 0 aromatic carbocycles. The normalized spacial score (nSPS) is 6.29. The second-order valence-electron chi connectivity index (χ2n) is 0.705. The Morgan fingerprint density at radius 3 is 1.86 bits per heavy atom. The summed E-state index contributed by atoms with van der Waals surface area (Å²) in [6.07, 6.45) is 0. The van der Waals surface area contributed by atoms with Crippen LogP contribution in [0.15, 0.2) is 0 Å². The van der Waals surface area contributed by atoms with Crippen molar-refractivity contribution < 1.29 is 25.9 Å². The first kappa shape index (κ1) is 10.1. The van der Waals surface area contributed by atoms with Crippen molar-refractivity contribution in [1.29, 1.82) is 0 Å². The van der Waals surface area contributed by atoms with E-state index in [1.807, 2.05) is 6.92 Å².